The van der Waals surface area contributed by atoms with Crippen molar-refractivity contribution in [1.82, 2.24) is 14.9 Å². The minimum absolute atomic E-state index is 0.146. The lowest BCUT2D eigenvalue weighted by molar-refractivity contribution is -0.185. The summed E-state index contributed by atoms with van der Waals surface area (Å²) in [5.74, 6) is -1.04. The van der Waals surface area contributed by atoms with Gasteiger partial charge in [-0.2, -0.15) is 13.2 Å². The van der Waals surface area contributed by atoms with Crippen LogP contribution in [-0.4, -0.2) is 34.3 Å². The van der Waals surface area contributed by atoms with E-state index in [1.807, 2.05) is 0 Å². The average Bonchev–Trinajstić information content (AvgIpc) is 2.96. The fourth-order valence-electron chi connectivity index (χ4n) is 2.20. The largest absolute Gasteiger partial charge is 0.411 e. The molecule has 25 heavy (non-hydrogen) atoms. The van der Waals surface area contributed by atoms with Gasteiger partial charge in [0.2, 0.25) is 5.91 Å². The molecular weight excluding hydrogens is 342 g/mol. The molecule has 0 spiro atoms. The molecule has 2 atom stereocenters. The molecule has 0 aliphatic carbocycles. The summed E-state index contributed by atoms with van der Waals surface area (Å²) >= 11 is 0. The molecule has 1 N–H and O–H groups in total. The van der Waals surface area contributed by atoms with Gasteiger partial charge in [0.05, 0.1) is 0 Å². The summed E-state index contributed by atoms with van der Waals surface area (Å²) in [4.78, 5) is 16.3. The number of hydrogen-bond acceptors (Lipinski definition) is 3. The predicted molar refractivity (Wildman–Crippen MR) is 81.1 cm³/mol. The molecule has 136 valence electrons. The Balaban J connectivity index is 2.21. The smallest absolute Gasteiger partial charge is 0.359 e. The van der Waals surface area contributed by atoms with Crippen molar-refractivity contribution < 1.29 is 27.1 Å². The van der Waals surface area contributed by atoms with Crippen LogP contribution in [0.15, 0.2) is 36.7 Å². The number of alkyl halides is 3. The van der Waals surface area contributed by atoms with Crippen LogP contribution in [-0.2, 0) is 16.6 Å². The summed E-state index contributed by atoms with van der Waals surface area (Å²) in [6.07, 6.45) is -2.83. The zero-order valence-corrected chi connectivity index (χ0v) is 13.5. The Morgan fingerprint density at radius 1 is 1.36 bits per heavy atom. The van der Waals surface area contributed by atoms with Crippen molar-refractivity contribution >= 4 is 5.91 Å². The van der Waals surface area contributed by atoms with E-state index in [9.17, 15) is 22.4 Å². The monoisotopic (exact) mass is 359 g/mol. The highest BCUT2D eigenvalue weighted by molar-refractivity contribution is 5.81. The lowest BCUT2D eigenvalue weighted by Crippen LogP contribution is -2.40. The van der Waals surface area contributed by atoms with E-state index < -0.39 is 36.7 Å². The number of nitrogens with one attached hydrogen (secondary N) is 1. The van der Waals surface area contributed by atoms with E-state index in [0.29, 0.717) is 5.82 Å². The first-order valence-corrected chi connectivity index (χ1v) is 7.39. The molecule has 1 aromatic carbocycles. The Morgan fingerprint density at radius 2 is 2.04 bits per heavy atom. The second kappa shape index (κ2) is 7.64. The highest BCUT2D eigenvalue weighted by atomic mass is 19.4. The maximum absolute atomic E-state index is 14.2. The molecule has 5 nitrogen and oxygen atoms in total. The number of amides is 1. The molecule has 0 aliphatic heterocycles. The molecule has 9 heteroatoms. The van der Waals surface area contributed by atoms with Crippen molar-refractivity contribution in [3.05, 3.63) is 53.9 Å². The van der Waals surface area contributed by atoms with Crippen molar-refractivity contribution in [2.75, 3.05) is 6.61 Å². The van der Waals surface area contributed by atoms with Gasteiger partial charge in [0.25, 0.3) is 0 Å². The zero-order chi connectivity index (χ0) is 18.6. The molecule has 0 saturated heterocycles. The molecule has 2 rings (SSSR count). The average molecular weight is 359 g/mol. The van der Waals surface area contributed by atoms with E-state index in [-0.39, 0.29) is 5.56 Å². The number of hydrogen-bond donors (Lipinski definition) is 1. The van der Waals surface area contributed by atoms with Gasteiger partial charge in [-0.15, -0.1) is 0 Å². The first-order chi connectivity index (χ1) is 11.7. The molecule has 0 bridgehead atoms. The highest BCUT2D eigenvalue weighted by Crippen LogP contribution is 2.23. The van der Waals surface area contributed by atoms with Crippen LogP contribution in [0.4, 0.5) is 17.6 Å². The molecule has 0 saturated carbocycles. The third kappa shape index (κ3) is 5.02. The Kier molecular flexibility index (Phi) is 5.78. The number of halogens is 4. The number of ether oxygens (including phenoxy) is 1. The second-order valence-electron chi connectivity index (χ2n) is 5.43. The number of aromatic nitrogens is 2. The van der Waals surface area contributed by atoms with E-state index in [1.54, 1.807) is 23.9 Å². The molecule has 0 radical (unpaired) electrons. The molecule has 1 aromatic heterocycles. The maximum atomic E-state index is 14.2. The number of nitrogens with zero attached hydrogens (tertiary/aromatic N) is 2. The van der Waals surface area contributed by atoms with Crippen molar-refractivity contribution in [2.45, 2.75) is 25.2 Å². The van der Waals surface area contributed by atoms with Crippen LogP contribution in [0.3, 0.4) is 0 Å². The summed E-state index contributed by atoms with van der Waals surface area (Å²) in [6.45, 7) is -0.355. The third-order valence-electron chi connectivity index (χ3n) is 3.49. The first-order valence-electron chi connectivity index (χ1n) is 7.39. The quantitative estimate of drug-likeness (QED) is 0.807. The molecular formula is C16H17F4N3O2. The van der Waals surface area contributed by atoms with E-state index in [1.165, 1.54) is 31.3 Å². The van der Waals surface area contributed by atoms with Gasteiger partial charge in [-0.05, 0) is 13.0 Å². The summed E-state index contributed by atoms with van der Waals surface area (Å²) in [5.41, 5.74) is 0.146. The Morgan fingerprint density at radius 3 is 2.60 bits per heavy atom. The molecule has 2 aromatic rings. The zero-order valence-electron chi connectivity index (χ0n) is 13.5. The maximum Gasteiger partial charge on any atom is 0.411 e. The molecule has 1 heterocycles. The van der Waals surface area contributed by atoms with Crippen LogP contribution < -0.4 is 5.32 Å². The number of carbonyl (C=O) groups excluding carboxylic acids is 1. The van der Waals surface area contributed by atoms with Crippen LogP contribution in [0.5, 0.6) is 0 Å². The Bertz CT molecular complexity index is 730. The number of carbonyl (C=O) groups is 1. The molecule has 0 aliphatic rings. The SMILES string of the molecule is C[C@@H](OCC(F)(F)F)C(=O)N[C@@H](c1ccccc1F)c1nccn1C. The predicted octanol–water partition coefficient (Wildman–Crippen LogP) is 2.73. The third-order valence-corrected chi connectivity index (χ3v) is 3.49. The van der Waals surface area contributed by atoms with Crippen molar-refractivity contribution in [2.24, 2.45) is 7.05 Å². The van der Waals surface area contributed by atoms with Gasteiger partial charge in [0.15, 0.2) is 0 Å². The van der Waals surface area contributed by atoms with Crippen LogP contribution in [0.1, 0.15) is 24.4 Å². The minimum atomic E-state index is -4.54. The normalized spacial score (nSPS) is 14.2. The minimum Gasteiger partial charge on any atom is -0.359 e. The van der Waals surface area contributed by atoms with Gasteiger partial charge in [-0.25, -0.2) is 9.37 Å². The molecule has 0 fully saturated rings. The van der Waals surface area contributed by atoms with Crippen molar-refractivity contribution in [3.8, 4) is 0 Å². The van der Waals surface area contributed by atoms with Crippen LogP contribution in [0.2, 0.25) is 0 Å². The van der Waals surface area contributed by atoms with Crippen LogP contribution in [0.25, 0.3) is 0 Å². The Labute approximate surface area is 141 Å². The van der Waals surface area contributed by atoms with E-state index in [4.69, 9.17) is 0 Å². The second-order valence-corrected chi connectivity index (χ2v) is 5.43. The van der Waals surface area contributed by atoms with Gasteiger partial charge in [0.1, 0.15) is 30.4 Å². The van der Waals surface area contributed by atoms with E-state index >= 15 is 0 Å². The fraction of sp³-hybridized carbons (Fsp3) is 0.375. The van der Waals surface area contributed by atoms with Crippen LogP contribution >= 0.6 is 0 Å². The lowest BCUT2D eigenvalue weighted by atomic mass is 10.0. The standard InChI is InChI=1S/C16H17F4N3O2/c1-10(25-9-16(18,19)20)15(24)22-13(14-21-7-8-23(14)2)11-5-3-4-6-12(11)17/h3-8,10,13H,9H2,1-2H3,(H,22,24)/t10-,13+/m1/s1. The number of imidazole rings is 1. The van der Waals surface area contributed by atoms with E-state index in [0.717, 1.165) is 0 Å². The summed E-state index contributed by atoms with van der Waals surface area (Å²) in [7, 11) is 1.66. The molecule has 0 unspecified atom stereocenters. The summed E-state index contributed by atoms with van der Waals surface area (Å²) in [5, 5.41) is 2.50. The van der Waals surface area contributed by atoms with Crippen molar-refractivity contribution in [3.63, 3.8) is 0 Å². The van der Waals surface area contributed by atoms with Gasteiger partial charge in [-0.3, -0.25) is 4.79 Å². The lowest BCUT2D eigenvalue weighted by Gasteiger charge is -2.22. The van der Waals surface area contributed by atoms with Gasteiger partial charge >= 0.3 is 6.18 Å². The summed E-state index contributed by atoms with van der Waals surface area (Å²) in [6, 6.07) is 4.80. The van der Waals surface area contributed by atoms with Crippen LogP contribution in [0, 0.1) is 5.82 Å². The number of rotatable bonds is 6. The van der Waals surface area contributed by atoms with Gasteiger partial charge in [0, 0.05) is 25.0 Å². The van der Waals surface area contributed by atoms with Gasteiger partial charge in [-0.1, -0.05) is 18.2 Å². The Hall–Kier alpha value is -2.42. The molecule has 1 amide bonds. The van der Waals surface area contributed by atoms with E-state index in [2.05, 4.69) is 15.0 Å². The number of aryl methyl sites for hydroxylation is 1. The topological polar surface area (TPSA) is 56.1 Å². The fourth-order valence-corrected chi connectivity index (χ4v) is 2.20. The highest BCUT2D eigenvalue weighted by Gasteiger charge is 2.31. The van der Waals surface area contributed by atoms with Crippen molar-refractivity contribution in [1.29, 1.82) is 0 Å². The van der Waals surface area contributed by atoms with Gasteiger partial charge < -0.3 is 14.6 Å². The number of benzene rings is 1. The summed E-state index contributed by atoms with van der Waals surface area (Å²) < 4.78 is 56.9. The first kappa shape index (κ1) is 18.9.